The molecule has 4 heterocycles. The Labute approximate surface area is 241 Å². The Bertz CT molecular complexity index is 1450. The molecule has 3 atom stereocenters. The predicted molar refractivity (Wildman–Crippen MR) is 163 cm³/mol. The number of anilines is 1. The number of aromatic nitrogens is 4. The summed E-state index contributed by atoms with van der Waals surface area (Å²) in [6.07, 6.45) is 0.854. The number of rotatable bonds is 8. The molecule has 214 valence electrons. The highest BCUT2D eigenvalue weighted by Gasteiger charge is 2.36. The molecule has 0 aliphatic carbocycles. The summed E-state index contributed by atoms with van der Waals surface area (Å²) >= 11 is 1.50. The lowest BCUT2D eigenvalue weighted by molar-refractivity contribution is 0.0488. The number of thiazole rings is 1. The second kappa shape index (κ2) is 11.7. The van der Waals surface area contributed by atoms with Crippen LogP contribution in [0.1, 0.15) is 50.1 Å². The monoisotopic (exact) mass is 581 g/mol. The number of hydrogen-bond acceptors (Lipinski definition) is 8. The molecule has 1 aromatic carbocycles. The van der Waals surface area contributed by atoms with Gasteiger partial charge in [-0.1, -0.05) is 27.7 Å². The number of piperazine rings is 1. The van der Waals surface area contributed by atoms with Crippen LogP contribution in [0.3, 0.4) is 0 Å². The Morgan fingerprint density at radius 2 is 1.93 bits per heavy atom. The number of aryl methyl sites for hydroxylation is 1. The minimum atomic E-state index is -1.22. The largest absolute Gasteiger partial charge is 0.415 e. The summed E-state index contributed by atoms with van der Waals surface area (Å²) in [5.41, 5.74) is 11.1. The van der Waals surface area contributed by atoms with E-state index in [1.54, 1.807) is 12.1 Å². The SMILES string of the molecule is CCc1nc2ccc(N3CCN[C@H](C(O[SiH](C)C)C(C)(C)C)C3)nn2c1C(N)c1nc(-c2ccc(F)cc2)cs1. The maximum absolute atomic E-state index is 13.4. The maximum Gasteiger partial charge on any atom is 0.171 e. The number of benzene rings is 1. The number of hydrogen-bond donors (Lipinski definition) is 2. The molecule has 4 aromatic rings. The molecule has 1 aliphatic heterocycles. The van der Waals surface area contributed by atoms with E-state index in [-0.39, 0.29) is 23.4 Å². The van der Waals surface area contributed by atoms with E-state index in [0.29, 0.717) is 0 Å². The Hall–Kier alpha value is -2.70. The number of nitrogens with zero attached hydrogens (tertiary/aromatic N) is 5. The molecular weight excluding hydrogens is 542 g/mol. The normalized spacial score (nSPS) is 18.0. The fourth-order valence-corrected chi connectivity index (χ4v) is 7.43. The van der Waals surface area contributed by atoms with Crippen molar-refractivity contribution in [2.75, 3.05) is 24.5 Å². The highest BCUT2D eigenvalue weighted by atomic mass is 32.1. The van der Waals surface area contributed by atoms with Gasteiger partial charge in [-0.2, -0.15) is 0 Å². The van der Waals surface area contributed by atoms with Crippen molar-refractivity contribution < 1.29 is 8.82 Å². The first kappa shape index (κ1) is 28.8. The Balaban J connectivity index is 1.45. The van der Waals surface area contributed by atoms with E-state index < -0.39 is 15.1 Å². The molecule has 1 aliphatic rings. The van der Waals surface area contributed by atoms with Crippen molar-refractivity contribution >= 4 is 31.8 Å². The van der Waals surface area contributed by atoms with Gasteiger partial charge in [-0.3, -0.25) is 0 Å². The molecule has 0 amide bonds. The highest BCUT2D eigenvalue weighted by molar-refractivity contribution is 7.10. The van der Waals surface area contributed by atoms with Crippen LogP contribution in [0.2, 0.25) is 13.1 Å². The molecule has 0 saturated carbocycles. The first-order valence-corrected chi connectivity index (χ1v) is 17.7. The lowest BCUT2D eigenvalue weighted by Gasteiger charge is -2.44. The van der Waals surface area contributed by atoms with Crippen LogP contribution in [0.5, 0.6) is 0 Å². The summed E-state index contributed by atoms with van der Waals surface area (Å²) in [5.74, 6) is 0.628. The third kappa shape index (κ3) is 5.98. The topological polar surface area (TPSA) is 93.6 Å². The lowest BCUT2D eigenvalue weighted by Crippen LogP contribution is -2.60. The number of nitrogens with two attached hydrogens (primary N) is 1. The van der Waals surface area contributed by atoms with Crippen LogP contribution in [-0.2, 0) is 10.8 Å². The summed E-state index contributed by atoms with van der Waals surface area (Å²) in [5, 5.41) is 11.5. The molecule has 1 saturated heterocycles. The molecule has 0 spiro atoms. The van der Waals surface area contributed by atoms with E-state index in [1.165, 1.54) is 23.5 Å². The highest BCUT2D eigenvalue weighted by Crippen LogP contribution is 2.31. The average Bonchev–Trinajstić information content (AvgIpc) is 3.56. The van der Waals surface area contributed by atoms with Gasteiger partial charge in [0.15, 0.2) is 14.7 Å². The van der Waals surface area contributed by atoms with E-state index >= 15 is 0 Å². The second-order valence-corrected chi connectivity index (χ2v) is 15.1. The summed E-state index contributed by atoms with van der Waals surface area (Å²) < 4.78 is 21.9. The van der Waals surface area contributed by atoms with Crippen LogP contribution in [0, 0.1) is 11.2 Å². The molecular formula is C29H40FN7OSSi. The molecule has 2 unspecified atom stereocenters. The average molecular weight is 582 g/mol. The van der Waals surface area contributed by atoms with Gasteiger partial charge < -0.3 is 20.4 Å². The number of imidazole rings is 1. The van der Waals surface area contributed by atoms with Crippen molar-refractivity contribution in [2.24, 2.45) is 11.1 Å². The Kier molecular flexibility index (Phi) is 8.39. The van der Waals surface area contributed by atoms with E-state index in [1.807, 2.05) is 16.0 Å². The van der Waals surface area contributed by atoms with Crippen LogP contribution in [0.15, 0.2) is 41.8 Å². The molecule has 8 nitrogen and oxygen atoms in total. The van der Waals surface area contributed by atoms with Gasteiger partial charge in [-0.15, -0.1) is 16.4 Å². The van der Waals surface area contributed by atoms with Crippen molar-refractivity contribution in [1.82, 2.24) is 24.9 Å². The Morgan fingerprint density at radius 3 is 2.60 bits per heavy atom. The molecule has 40 heavy (non-hydrogen) atoms. The number of halogens is 1. The van der Waals surface area contributed by atoms with E-state index in [0.717, 1.165) is 65.2 Å². The first-order chi connectivity index (χ1) is 19.0. The zero-order chi connectivity index (χ0) is 28.6. The fourth-order valence-electron chi connectivity index (χ4n) is 5.41. The minimum absolute atomic E-state index is 0.0239. The smallest absolute Gasteiger partial charge is 0.171 e. The van der Waals surface area contributed by atoms with Gasteiger partial charge in [0.1, 0.15) is 22.7 Å². The maximum atomic E-state index is 13.4. The van der Waals surface area contributed by atoms with Crippen LogP contribution in [-0.4, -0.2) is 60.4 Å². The van der Waals surface area contributed by atoms with Crippen LogP contribution >= 0.6 is 11.3 Å². The van der Waals surface area contributed by atoms with Crippen molar-refractivity contribution in [3.8, 4) is 11.3 Å². The standard InChI is InChI=1S/C29H40FN7OSSi/c1-7-20-26(25(31)28-34-22(17-39-28)18-8-10-19(30)11-9-18)37-23(33-20)12-13-24(35-37)36-15-14-32-21(16-36)27(29(2,3)4)38-40(5)6/h8-13,17,21,25,27,32,40H,7,14-16,31H2,1-6H3/t21-,25?,27?/m0/s1. The van der Waals surface area contributed by atoms with Crippen molar-refractivity contribution in [3.05, 3.63) is 64.0 Å². The lowest BCUT2D eigenvalue weighted by atomic mass is 9.84. The molecule has 0 bridgehead atoms. The predicted octanol–water partition coefficient (Wildman–Crippen LogP) is 4.80. The summed E-state index contributed by atoms with van der Waals surface area (Å²) in [6.45, 7) is 15.8. The molecule has 3 N–H and O–H groups in total. The second-order valence-electron chi connectivity index (χ2n) is 11.8. The fraction of sp³-hybridized carbons (Fsp3) is 0.483. The van der Waals surface area contributed by atoms with Gasteiger partial charge in [0.2, 0.25) is 0 Å². The molecule has 0 radical (unpaired) electrons. The van der Waals surface area contributed by atoms with Crippen LogP contribution in [0.4, 0.5) is 10.2 Å². The van der Waals surface area contributed by atoms with Crippen LogP contribution in [0.25, 0.3) is 16.9 Å². The van der Waals surface area contributed by atoms with Crippen molar-refractivity contribution in [2.45, 2.75) is 65.4 Å². The summed E-state index contributed by atoms with van der Waals surface area (Å²) in [4.78, 5) is 12.0. The van der Waals surface area contributed by atoms with Gasteiger partial charge >= 0.3 is 0 Å². The van der Waals surface area contributed by atoms with Gasteiger partial charge in [0.05, 0.1) is 29.2 Å². The zero-order valence-corrected chi connectivity index (χ0v) is 26.2. The molecule has 5 rings (SSSR count). The van der Waals surface area contributed by atoms with E-state index in [2.05, 4.69) is 57.1 Å². The number of nitrogens with one attached hydrogen (secondary N) is 1. The Morgan fingerprint density at radius 1 is 1.18 bits per heavy atom. The van der Waals surface area contributed by atoms with Gasteiger partial charge in [-0.25, -0.2) is 18.9 Å². The molecule has 11 heteroatoms. The van der Waals surface area contributed by atoms with E-state index in [4.69, 9.17) is 25.2 Å². The third-order valence-electron chi connectivity index (χ3n) is 7.30. The third-order valence-corrected chi connectivity index (χ3v) is 9.06. The zero-order valence-electron chi connectivity index (χ0n) is 24.2. The summed E-state index contributed by atoms with van der Waals surface area (Å²) in [6, 6.07) is 10.2. The van der Waals surface area contributed by atoms with Crippen LogP contribution < -0.4 is 16.0 Å². The minimum Gasteiger partial charge on any atom is -0.415 e. The quantitative estimate of drug-likeness (QED) is 0.289. The van der Waals surface area contributed by atoms with Crippen molar-refractivity contribution in [1.29, 1.82) is 0 Å². The summed E-state index contributed by atoms with van der Waals surface area (Å²) in [7, 11) is -1.22. The molecule has 3 aromatic heterocycles. The molecule has 1 fully saturated rings. The van der Waals surface area contributed by atoms with Gasteiger partial charge in [0, 0.05) is 30.6 Å². The van der Waals surface area contributed by atoms with E-state index in [9.17, 15) is 4.39 Å². The number of fused-ring (bicyclic) bond motifs is 1. The first-order valence-electron chi connectivity index (χ1n) is 14.0. The van der Waals surface area contributed by atoms with Gasteiger partial charge in [0.25, 0.3) is 0 Å². The van der Waals surface area contributed by atoms with Crippen molar-refractivity contribution in [3.63, 3.8) is 0 Å². The van der Waals surface area contributed by atoms with Gasteiger partial charge in [-0.05, 0) is 61.3 Å².